The van der Waals surface area contributed by atoms with E-state index >= 15 is 0 Å². The van der Waals surface area contributed by atoms with Crippen molar-refractivity contribution in [3.05, 3.63) is 45.4 Å². The van der Waals surface area contributed by atoms with E-state index in [0.29, 0.717) is 36.6 Å². The molecule has 3 amide bonds. The van der Waals surface area contributed by atoms with E-state index in [1.165, 1.54) is 23.5 Å². The minimum atomic E-state index is -1.01. The first-order chi connectivity index (χ1) is 25.6. The number of thiazole rings is 1. The number of hydrogen-bond acceptors (Lipinski definition) is 9. The number of aromatic hydroxyl groups is 1. The number of rotatable bonds is 21. The Hall–Kier alpha value is -3.55. The lowest BCUT2D eigenvalue weighted by atomic mass is 9.80. The molecule has 8 atom stereocenters. The molecule has 0 radical (unpaired) electrons. The van der Waals surface area contributed by atoms with Crippen LogP contribution in [0.4, 0.5) is 0 Å². The molecule has 0 saturated heterocycles. The number of phenolic OH excluding ortho intramolecular Hbond substituents is 1. The van der Waals surface area contributed by atoms with Gasteiger partial charge in [-0.2, -0.15) is 0 Å². The molecule has 1 aromatic heterocycles. The number of benzene rings is 1. The Kier molecular flexibility index (Phi) is 17.4. The molecule has 0 spiro atoms. The smallest absolute Gasteiger partial charge is 0.311 e. The van der Waals surface area contributed by atoms with Crippen LogP contribution in [0.15, 0.2) is 23.6 Å². The second kappa shape index (κ2) is 20.9. The highest BCUT2D eigenvalue weighted by atomic mass is 32.1. The topological polar surface area (TPSA) is 161 Å². The molecule has 3 rings (SSSR count). The quantitative estimate of drug-likeness (QED) is 0.113. The minimum absolute atomic E-state index is 0.0107. The molecule has 4 N–H and O–H groups in total. The van der Waals surface area contributed by atoms with Crippen molar-refractivity contribution in [3.8, 4) is 5.75 Å². The maximum Gasteiger partial charge on any atom is 0.311 e. The standard InChI is InChI=1S/C41H65N5O7S/c1-11-17-46(40(50)35(25(7)13-3)44-38(49)36(45(9)10)26(8)14-4)33(24(5)6)22-34(53-18-12-2)39-43-32(23-54-39)37(48)42-28-19-27-15-16-29(47)21-30(27)31(20-28)41(51)52/h15-16,21,23-26,28,31,33-36,47H,11-14,17-20,22H2,1-10H3,(H,42,48)(H,44,49)(H,51,52). The van der Waals surface area contributed by atoms with E-state index in [1.54, 1.807) is 11.4 Å². The molecule has 1 aliphatic rings. The van der Waals surface area contributed by atoms with Gasteiger partial charge in [-0.3, -0.25) is 24.1 Å². The van der Waals surface area contributed by atoms with Crippen LogP contribution in [0.1, 0.15) is 133 Å². The van der Waals surface area contributed by atoms with Gasteiger partial charge in [0.05, 0.1) is 12.0 Å². The average Bonchev–Trinajstić information content (AvgIpc) is 3.62. The Bertz CT molecular complexity index is 1550. The first-order valence-corrected chi connectivity index (χ1v) is 20.7. The molecule has 2 aromatic rings. The molecule has 1 aliphatic carbocycles. The van der Waals surface area contributed by atoms with Crippen LogP contribution in [-0.4, -0.2) is 100 Å². The number of phenols is 1. The molecule has 0 fully saturated rings. The molecule has 1 heterocycles. The van der Waals surface area contributed by atoms with Crippen LogP contribution in [0.25, 0.3) is 0 Å². The number of carboxylic acids is 1. The SMILES string of the molecule is CCCOC(CC(C(C)C)N(CCC)C(=O)C(NC(=O)C(C(C)CC)N(C)C)C(C)CC)c1nc(C(=O)NC2Cc3ccc(O)cc3C(C(=O)O)C2)cs1. The van der Waals surface area contributed by atoms with Crippen molar-refractivity contribution < 1.29 is 34.1 Å². The van der Waals surface area contributed by atoms with Crippen molar-refractivity contribution in [3.63, 3.8) is 0 Å². The number of carbonyl (C=O) groups is 4. The maximum atomic E-state index is 14.7. The molecule has 0 aliphatic heterocycles. The summed E-state index contributed by atoms with van der Waals surface area (Å²) in [5, 5.41) is 28.4. The molecule has 302 valence electrons. The number of aromatic nitrogens is 1. The highest BCUT2D eigenvalue weighted by Gasteiger charge is 2.39. The van der Waals surface area contributed by atoms with Gasteiger partial charge in [-0.05, 0) is 80.8 Å². The van der Waals surface area contributed by atoms with Crippen LogP contribution in [0.2, 0.25) is 0 Å². The normalized spacial score (nSPS) is 19.0. The summed E-state index contributed by atoms with van der Waals surface area (Å²) in [4.78, 5) is 62.7. The molecule has 0 bridgehead atoms. The maximum absolute atomic E-state index is 14.7. The summed E-state index contributed by atoms with van der Waals surface area (Å²) in [6, 6.07) is 3.01. The van der Waals surface area contributed by atoms with Crippen LogP contribution in [0.3, 0.4) is 0 Å². The van der Waals surface area contributed by atoms with Gasteiger partial charge in [0.1, 0.15) is 28.6 Å². The van der Waals surface area contributed by atoms with Gasteiger partial charge in [0.2, 0.25) is 11.8 Å². The predicted octanol–water partition coefficient (Wildman–Crippen LogP) is 6.39. The number of amides is 3. The number of nitrogens with one attached hydrogen (secondary N) is 2. The van der Waals surface area contributed by atoms with Crippen LogP contribution < -0.4 is 10.6 Å². The predicted molar refractivity (Wildman–Crippen MR) is 213 cm³/mol. The Labute approximate surface area is 326 Å². The number of aliphatic carboxylic acids is 1. The molecule has 0 saturated carbocycles. The van der Waals surface area contributed by atoms with E-state index in [-0.39, 0.29) is 59.5 Å². The van der Waals surface area contributed by atoms with E-state index in [9.17, 15) is 29.4 Å². The second-order valence-corrected chi connectivity index (χ2v) is 16.4. The summed E-state index contributed by atoms with van der Waals surface area (Å²) in [5.41, 5.74) is 1.57. The molecule has 12 nitrogen and oxygen atoms in total. The summed E-state index contributed by atoms with van der Waals surface area (Å²) in [6.45, 7) is 17.4. The Morgan fingerprint density at radius 2 is 1.70 bits per heavy atom. The van der Waals surface area contributed by atoms with Crippen molar-refractivity contribution in [2.45, 2.75) is 137 Å². The molecule has 8 unspecified atom stereocenters. The lowest BCUT2D eigenvalue weighted by molar-refractivity contribution is -0.143. The van der Waals surface area contributed by atoms with Gasteiger partial charge in [-0.25, -0.2) is 4.98 Å². The molecule has 54 heavy (non-hydrogen) atoms. The Balaban J connectivity index is 1.87. The first-order valence-electron chi connectivity index (χ1n) is 19.8. The fraction of sp³-hybridized carbons (Fsp3) is 0.683. The summed E-state index contributed by atoms with van der Waals surface area (Å²) in [6.07, 6.45) is 3.67. The number of carboxylic acid groups (broad SMARTS) is 1. The van der Waals surface area contributed by atoms with Crippen LogP contribution >= 0.6 is 11.3 Å². The number of fused-ring (bicyclic) bond motifs is 1. The minimum Gasteiger partial charge on any atom is -0.508 e. The van der Waals surface area contributed by atoms with Gasteiger partial charge >= 0.3 is 5.97 Å². The van der Waals surface area contributed by atoms with Gasteiger partial charge in [0.25, 0.3) is 5.91 Å². The lowest BCUT2D eigenvalue weighted by Crippen LogP contribution is -2.59. The number of carbonyl (C=O) groups excluding carboxylic acids is 3. The van der Waals surface area contributed by atoms with Crippen molar-refractivity contribution in [1.29, 1.82) is 0 Å². The first kappa shape index (κ1) is 44.8. The van der Waals surface area contributed by atoms with Crippen molar-refractivity contribution in [2.75, 3.05) is 27.2 Å². The van der Waals surface area contributed by atoms with Crippen LogP contribution in [-0.2, 0) is 25.5 Å². The third-order valence-corrected chi connectivity index (χ3v) is 11.8. The van der Waals surface area contributed by atoms with Crippen molar-refractivity contribution >= 4 is 35.0 Å². The molecule has 13 heteroatoms. The van der Waals surface area contributed by atoms with Crippen molar-refractivity contribution in [2.24, 2.45) is 17.8 Å². The summed E-state index contributed by atoms with van der Waals surface area (Å²) in [7, 11) is 3.80. The van der Waals surface area contributed by atoms with Crippen LogP contribution in [0.5, 0.6) is 5.75 Å². The molecule has 1 aromatic carbocycles. The van der Waals surface area contributed by atoms with Gasteiger partial charge in [0, 0.05) is 37.0 Å². The van der Waals surface area contributed by atoms with E-state index < -0.39 is 36.0 Å². The second-order valence-electron chi connectivity index (χ2n) is 15.6. The highest BCUT2D eigenvalue weighted by molar-refractivity contribution is 7.09. The zero-order valence-electron chi connectivity index (χ0n) is 34.1. The van der Waals surface area contributed by atoms with Gasteiger partial charge < -0.3 is 30.5 Å². The van der Waals surface area contributed by atoms with Gasteiger partial charge in [0.15, 0.2) is 0 Å². The fourth-order valence-electron chi connectivity index (χ4n) is 7.48. The fourth-order valence-corrected chi connectivity index (χ4v) is 8.34. The van der Waals surface area contributed by atoms with Gasteiger partial charge in [-0.1, -0.05) is 74.3 Å². The molecular weight excluding hydrogens is 707 g/mol. The monoisotopic (exact) mass is 771 g/mol. The average molecular weight is 772 g/mol. The summed E-state index contributed by atoms with van der Waals surface area (Å²) in [5.74, 6) is -2.41. The van der Waals surface area contributed by atoms with E-state index in [4.69, 9.17) is 9.72 Å². The Morgan fingerprint density at radius 3 is 2.28 bits per heavy atom. The number of hydrogen-bond donors (Lipinski definition) is 4. The largest absolute Gasteiger partial charge is 0.508 e. The molecular formula is C41H65N5O7S. The van der Waals surface area contributed by atoms with Gasteiger partial charge in [-0.15, -0.1) is 11.3 Å². The zero-order chi connectivity index (χ0) is 40.3. The van der Waals surface area contributed by atoms with E-state index in [0.717, 1.165) is 31.2 Å². The third-order valence-electron chi connectivity index (χ3n) is 10.8. The van der Waals surface area contributed by atoms with E-state index in [1.807, 2.05) is 51.6 Å². The highest BCUT2D eigenvalue weighted by Crippen LogP contribution is 2.35. The summed E-state index contributed by atoms with van der Waals surface area (Å²) >= 11 is 1.33. The number of nitrogens with zero attached hydrogens (tertiary/aromatic N) is 3. The number of likely N-dealkylation sites (N-methyl/N-ethyl adjacent to an activating group) is 1. The third kappa shape index (κ3) is 11.5. The summed E-state index contributed by atoms with van der Waals surface area (Å²) < 4.78 is 6.41. The van der Waals surface area contributed by atoms with Crippen molar-refractivity contribution in [1.82, 2.24) is 25.4 Å². The lowest BCUT2D eigenvalue weighted by Gasteiger charge is -2.40. The number of ether oxygens (including phenoxy) is 1. The zero-order valence-corrected chi connectivity index (χ0v) is 34.9. The van der Waals surface area contributed by atoms with E-state index in [2.05, 4.69) is 38.3 Å². The Morgan fingerprint density at radius 1 is 1.02 bits per heavy atom. The van der Waals surface area contributed by atoms with Crippen LogP contribution in [0, 0.1) is 17.8 Å².